The summed E-state index contributed by atoms with van der Waals surface area (Å²) in [5.41, 5.74) is 1.14. The van der Waals surface area contributed by atoms with Gasteiger partial charge < -0.3 is 4.90 Å². The van der Waals surface area contributed by atoms with Crippen molar-refractivity contribution in [1.82, 2.24) is 4.90 Å². The lowest BCUT2D eigenvalue weighted by molar-refractivity contribution is -0.383. The fourth-order valence-corrected chi connectivity index (χ4v) is 5.75. The smallest absolute Gasteiger partial charge is 0.305 e. The molecule has 0 unspecified atom stereocenters. The second-order valence-electron chi connectivity index (χ2n) is 7.19. The van der Waals surface area contributed by atoms with Crippen LogP contribution in [-0.2, 0) is 16.4 Å². The molecule has 3 aromatic rings. The molecule has 0 bridgehead atoms. The standard InChI is InChI=1S/C20H21N3O4S2/c1-29(26,27)19-13-18(23(24)25)20(28-19)22-11-9-21(10-12-22)14-16-7-4-6-15-5-2-3-8-17(15)16/h2-8,13H,9-12,14H2,1H3. The molecule has 29 heavy (non-hydrogen) atoms. The molecule has 0 radical (unpaired) electrons. The summed E-state index contributed by atoms with van der Waals surface area (Å²) in [6.07, 6.45) is 1.08. The Hall–Kier alpha value is -2.49. The van der Waals surface area contributed by atoms with Crippen LogP contribution in [0.1, 0.15) is 5.56 Å². The maximum Gasteiger partial charge on any atom is 0.305 e. The summed E-state index contributed by atoms with van der Waals surface area (Å²) < 4.78 is 23.7. The van der Waals surface area contributed by atoms with E-state index in [4.69, 9.17) is 0 Å². The van der Waals surface area contributed by atoms with Gasteiger partial charge in [-0.25, -0.2) is 8.42 Å². The highest BCUT2D eigenvalue weighted by atomic mass is 32.2. The maximum absolute atomic E-state index is 11.8. The summed E-state index contributed by atoms with van der Waals surface area (Å²) >= 11 is 0.986. The van der Waals surface area contributed by atoms with E-state index < -0.39 is 14.8 Å². The monoisotopic (exact) mass is 431 g/mol. The van der Waals surface area contributed by atoms with Gasteiger partial charge in [0, 0.05) is 45.0 Å². The van der Waals surface area contributed by atoms with Gasteiger partial charge in [-0.2, -0.15) is 0 Å². The first-order valence-electron chi connectivity index (χ1n) is 9.25. The molecule has 0 atom stereocenters. The molecule has 1 aliphatic rings. The van der Waals surface area contributed by atoms with Gasteiger partial charge >= 0.3 is 5.69 Å². The third-order valence-corrected chi connectivity index (χ3v) is 8.15. The molecule has 4 rings (SSSR count). The van der Waals surface area contributed by atoms with E-state index in [0.29, 0.717) is 18.1 Å². The molecule has 152 valence electrons. The number of piperazine rings is 1. The van der Waals surface area contributed by atoms with E-state index in [1.165, 1.54) is 22.4 Å². The molecule has 2 heterocycles. The van der Waals surface area contributed by atoms with E-state index in [-0.39, 0.29) is 9.90 Å². The Morgan fingerprint density at radius 2 is 1.76 bits per heavy atom. The number of hydrogen-bond acceptors (Lipinski definition) is 7. The van der Waals surface area contributed by atoms with E-state index in [1.807, 2.05) is 17.0 Å². The molecular formula is C20H21N3O4S2. The van der Waals surface area contributed by atoms with Gasteiger partial charge in [0.15, 0.2) is 14.8 Å². The molecule has 7 nitrogen and oxygen atoms in total. The first-order chi connectivity index (χ1) is 13.8. The Balaban J connectivity index is 1.50. The number of nitro groups is 1. The van der Waals surface area contributed by atoms with Gasteiger partial charge in [0.2, 0.25) is 0 Å². The zero-order valence-electron chi connectivity index (χ0n) is 15.9. The highest BCUT2D eigenvalue weighted by molar-refractivity contribution is 7.92. The van der Waals surface area contributed by atoms with Crippen molar-refractivity contribution < 1.29 is 13.3 Å². The first-order valence-corrected chi connectivity index (χ1v) is 12.0. The van der Waals surface area contributed by atoms with Crippen molar-refractivity contribution >= 4 is 42.6 Å². The number of nitrogens with zero attached hydrogens (tertiary/aromatic N) is 3. The number of thiophene rings is 1. The average Bonchev–Trinajstić information content (AvgIpc) is 3.15. The summed E-state index contributed by atoms with van der Waals surface area (Å²) in [5, 5.41) is 14.3. The van der Waals surface area contributed by atoms with Crippen molar-refractivity contribution in [2.24, 2.45) is 0 Å². The largest absolute Gasteiger partial charge is 0.355 e. The Kier molecular flexibility index (Phi) is 5.28. The minimum Gasteiger partial charge on any atom is -0.355 e. The number of benzene rings is 2. The Morgan fingerprint density at radius 1 is 1.07 bits per heavy atom. The molecule has 0 N–H and O–H groups in total. The normalized spacial score (nSPS) is 15.7. The predicted molar refractivity (Wildman–Crippen MR) is 116 cm³/mol. The quantitative estimate of drug-likeness (QED) is 0.454. The lowest BCUT2D eigenvalue weighted by Crippen LogP contribution is -2.45. The molecule has 2 aromatic carbocycles. The summed E-state index contributed by atoms with van der Waals surface area (Å²) in [5.74, 6) is 0. The molecule has 1 aliphatic heterocycles. The Morgan fingerprint density at radius 3 is 2.45 bits per heavy atom. The van der Waals surface area contributed by atoms with Crippen LogP contribution in [-0.4, -0.2) is 50.7 Å². The maximum atomic E-state index is 11.8. The van der Waals surface area contributed by atoms with Crippen LogP contribution in [0.3, 0.4) is 0 Å². The fraction of sp³-hybridized carbons (Fsp3) is 0.300. The molecule has 0 amide bonds. The zero-order chi connectivity index (χ0) is 20.6. The van der Waals surface area contributed by atoms with Crippen LogP contribution in [0.4, 0.5) is 10.7 Å². The second kappa shape index (κ2) is 7.74. The van der Waals surface area contributed by atoms with Gasteiger partial charge in [-0.3, -0.25) is 15.0 Å². The predicted octanol–water partition coefficient (Wildman–Crippen LogP) is 3.54. The van der Waals surface area contributed by atoms with Crippen LogP contribution in [0.5, 0.6) is 0 Å². The highest BCUT2D eigenvalue weighted by Crippen LogP contribution is 2.40. The van der Waals surface area contributed by atoms with Crippen molar-refractivity contribution in [2.45, 2.75) is 10.8 Å². The second-order valence-corrected chi connectivity index (χ2v) is 10.5. The van der Waals surface area contributed by atoms with E-state index in [9.17, 15) is 18.5 Å². The number of hydrogen-bond donors (Lipinski definition) is 0. The molecule has 1 fully saturated rings. The van der Waals surface area contributed by atoms with Gasteiger partial charge in [-0.05, 0) is 16.3 Å². The van der Waals surface area contributed by atoms with Crippen LogP contribution in [0.15, 0.2) is 52.7 Å². The van der Waals surface area contributed by atoms with Crippen LogP contribution < -0.4 is 4.90 Å². The van der Waals surface area contributed by atoms with Crippen LogP contribution in [0, 0.1) is 10.1 Å². The number of rotatable bonds is 5. The molecule has 9 heteroatoms. The van der Waals surface area contributed by atoms with Crippen LogP contribution in [0.2, 0.25) is 0 Å². The number of sulfone groups is 1. The van der Waals surface area contributed by atoms with Crippen molar-refractivity contribution in [1.29, 1.82) is 0 Å². The van der Waals surface area contributed by atoms with Crippen molar-refractivity contribution in [3.8, 4) is 0 Å². The lowest BCUT2D eigenvalue weighted by Gasteiger charge is -2.35. The summed E-state index contributed by atoms with van der Waals surface area (Å²) in [6, 6.07) is 15.8. The minimum absolute atomic E-state index is 0.0392. The van der Waals surface area contributed by atoms with E-state index >= 15 is 0 Å². The molecule has 1 saturated heterocycles. The van der Waals surface area contributed by atoms with E-state index in [0.717, 1.165) is 37.2 Å². The topological polar surface area (TPSA) is 83.8 Å². The minimum atomic E-state index is -3.47. The third-order valence-electron chi connectivity index (χ3n) is 5.17. The third kappa shape index (κ3) is 4.12. The summed E-state index contributed by atoms with van der Waals surface area (Å²) in [7, 11) is -3.47. The van der Waals surface area contributed by atoms with Gasteiger partial charge in [0.25, 0.3) is 0 Å². The van der Waals surface area contributed by atoms with E-state index in [2.05, 4.69) is 35.2 Å². The van der Waals surface area contributed by atoms with Crippen LogP contribution in [0.25, 0.3) is 10.8 Å². The molecule has 0 spiro atoms. The zero-order valence-corrected chi connectivity index (χ0v) is 17.6. The number of fused-ring (bicyclic) bond motifs is 1. The van der Waals surface area contributed by atoms with Gasteiger partial charge in [-0.15, -0.1) is 0 Å². The van der Waals surface area contributed by atoms with E-state index in [1.54, 1.807) is 0 Å². The van der Waals surface area contributed by atoms with Gasteiger partial charge in [0.1, 0.15) is 4.21 Å². The highest BCUT2D eigenvalue weighted by Gasteiger charge is 2.29. The average molecular weight is 432 g/mol. The fourth-order valence-electron chi connectivity index (χ4n) is 3.67. The van der Waals surface area contributed by atoms with Crippen molar-refractivity contribution in [2.75, 3.05) is 37.3 Å². The number of anilines is 1. The molecule has 0 saturated carbocycles. The first kappa shape index (κ1) is 19.8. The summed E-state index contributed by atoms with van der Waals surface area (Å²) in [6.45, 7) is 3.57. The van der Waals surface area contributed by atoms with Gasteiger partial charge in [0.05, 0.1) is 4.92 Å². The van der Waals surface area contributed by atoms with Gasteiger partial charge in [-0.1, -0.05) is 53.8 Å². The molecule has 1 aromatic heterocycles. The Bertz CT molecular complexity index is 1160. The summed E-state index contributed by atoms with van der Waals surface area (Å²) in [4.78, 5) is 15.2. The van der Waals surface area contributed by atoms with Crippen LogP contribution >= 0.6 is 11.3 Å². The SMILES string of the molecule is CS(=O)(=O)c1cc([N+](=O)[O-])c(N2CCN(Cc3cccc4ccccc34)CC2)s1. The van der Waals surface area contributed by atoms with Crippen molar-refractivity contribution in [3.05, 3.63) is 64.2 Å². The Labute approximate surface area is 173 Å². The lowest BCUT2D eigenvalue weighted by atomic mass is 10.0. The molecule has 0 aliphatic carbocycles. The van der Waals surface area contributed by atoms with Crippen molar-refractivity contribution in [3.63, 3.8) is 0 Å². The molecular weight excluding hydrogens is 410 g/mol.